The minimum Gasteiger partial charge on any atom is -0.447 e. The van der Waals surface area contributed by atoms with E-state index in [1.54, 1.807) is 4.90 Å². The molecule has 1 atom stereocenters. The zero-order valence-electron chi connectivity index (χ0n) is 15.5. The number of benzene rings is 2. The van der Waals surface area contributed by atoms with Crippen molar-refractivity contribution in [3.63, 3.8) is 0 Å². The highest BCUT2D eigenvalue weighted by molar-refractivity contribution is 5.96. The van der Waals surface area contributed by atoms with Crippen LogP contribution in [0.2, 0.25) is 0 Å². The Hall–Kier alpha value is -3.03. The summed E-state index contributed by atoms with van der Waals surface area (Å²) in [7, 11) is 0. The van der Waals surface area contributed by atoms with Crippen LogP contribution in [0.1, 0.15) is 21.5 Å². The van der Waals surface area contributed by atoms with E-state index in [0.717, 1.165) is 11.6 Å². The van der Waals surface area contributed by atoms with Crippen molar-refractivity contribution in [2.75, 3.05) is 26.2 Å². The number of carbonyl (C=O) groups is 2. The molecule has 0 bridgehead atoms. The normalized spacial score (nSPS) is 21.7. The van der Waals surface area contributed by atoms with Gasteiger partial charge in [-0.25, -0.2) is 4.79 Å². The minimum absolute atomic E-state index is 0.0887. The Kier molecular flexibility index (Phi) is 4.72. The second-order valence-corrected chi connectivity index (χ2v) is 7.36. The second kappa shape index (κ2) is 7.09. The quantitative estimate of drug-likeness (QED) is 0.786. The molecule has 0 aromatic heterocycles. The second-order valence-electron chi connectivity index (χ2n) is 7.36. The van der Waals surface area contributed by atoms with Gasteiger partial charge in [0, 0.05) is 26.1 Å². The van der Waals surface area contributed by atoms with Crippen LogP contribution in [0.25, 0.3) is 0 Å². The van der Waals surface area contributed by atoms with E-state index < -0.39 is 29.3 Å². The van der Waals surface area contributed by atoms with Gasteiger partial charge in [0.2, 0.25) is 0 Å². The Morgan fingerprint density at radius 2 is 1.72 bits per heavy atom. The van der Waals surface area contributed by atoms with Gasteiger partial charge in [-0.2, -0.15) is 13.2 Å². The molecule has 2 aliphatic heterocycles. The van der Waals surface area contributed by atoms with Gasteiger partial charge in [-0.05, 0) is 17.7 Å². The summed E-state index contributed by atoms with van der Waals surface area (Å²) in [5.74, 6) is -0.690. The molecule has 8 heteroatoms. The van der Waals surface area contributed by atoms with E-state index in [2.05, 4.69) is 0 Å². The van der Waals surface area contributed by atoms with Crippen molar-refractivity contribution in [3.05, 3.63) is 71.3 Å². The highest BCUT2D eigenvalue weighted by Gasteiger charge is 2.52. The van der Waals surface area contributed by atoms with Crippen molar-refractivity contribution in [2.24, 2.45) is 0 Å². The van der Waals surface area contributed by atoms with Crippen molar-refractivity contribution >= 4 is 12.0 Å². The SMILES string of the molecule is O=C(c1ccccc1C(F)(F)F)N1CCN2C(=O)OCC2(Cc2ccccc2)C1. The Bertz CT molecular complexity index is 932. The van der Waals surface area contributed by atoms with Crippen molar-refractivity contribution in [1.82, 2.24) is 9.80 Å². The molecule has 0 spiro atoms. The Morgan fingerprint density at radius 1 is 1.03 bits per heavy atom. The van der Waals surface area contributed by atoms with Crippen LogP contribution in [0.4, 0.5) is 18.0 Å². The lowest BCUT2D eigenvalue weighted by atomic mass is 9.87. The summed E-state index contributed by atoms with van der Waals surface area (Å²) in [5, 5.41) is 0. The Balaban J connectivity index is 1.64. The van der Waals surface area contributed by atoms with Crippen LogP contribution in [-0.4, -0.2) is 53.6 Å². The lowest BCUT2D eigenvalue weighted by Gasteiger charge is -2.45. The first-order chi connectivity index (χ1) is 13.8. The highest BCUT2D eigenvalue weighted by Crippen LogP contribution is 2.35. The van der Waals surface area contributed by atoms with Gasteiger partial charge in [0.15, 0.2) is 0 Å². The van der Waals surface area contributed by atoms with Gasteiger partial charge >= 0.3 is 12.3 Å². The maximum Gasteiger partial charge on any atom is 0.417 e. The molecule has 2 heterocycles. The van der Waals surface area contributed by atoms with Crippen LogP contribution in [0.5, 0.6) is 0 Å². The van der Waals surface area contributed by atoms with E-state index in [-0.39, 0.29) is 31.8 Å². The zero-order valence-corrected chi connectivity index (χ0v) is 15.5. The molecular formula is C21H19F3N2O3. The summed E-state index contributed by atoms with van der Waals surface area (Å²) in [6.07, 6.45) is -4.63. The molecule has 29 heavy (non-hydrogen) atoms. The third-order valence-electron chi connectivity index (χ3n) is 5.46. The van der Waals surface area contributed by atoms with Gasteiger partial charge in [-0.1, -0.05) is 42.5 Å². The van der Waals surface area contributed by atoms with Gasteiger partial charge in [0.05, 0.1) is 11.1 Å². The first-order valence-electron chi connectivity index (χ1n) is 9.24. The van der Waals surface area contributed by atoms with E-state index >= 15 is 0 Å². The summed E-state index contributed by atoms with van der Waals surface area (Å²) in [6, 6.07) is 14.2. The van der Waals surface area contributed by atoms with Gasteiger partial charge < -0.3 is 9.64 Å². The molecule has 2 fully saturated rings. The third-order valence-corrected chi connectivity index (χ3v) is 5.46. The molecule has 0 aliphatic carbocycles. The maximum absolute atomic E-state index is 13.4. The fraction of sp³-hybridized carbons (Fsp3) is 0.333. The molecule has 2 aromatic carbocycles. The molecule has 0 radical (unpaired) electrons. The van der Waals surface area contributed by atoms with E-state index in [1.165, 1.54) is 23.1 Å². The summed E-state index contributed by atoms with van der Waals surface area (Å²) < 4.78 is 45.3. The van der Waals surface area contributed by atoms with Crippen LogP contribution in [0, 0.1) is 0 Å². The van der Waals surface area contributed by atoms with E-state index in [0.29, 0.717) is 6.42 Å². The maximum atomic E-state index is 13.4. The largest absolute Gasteiger partial charge is 0.447 e. The lowest BCUT2D eigenvalue weighted by molar-refractivity contribution is -0.138. The van der Waals surface area contributed by atoms with Crippen molar-refractivity contribution in [2.45, 2.75) is 18.1 Å². The zero-order chi connectivity index (χ0) is 20.6. The number of fused-ring (bicyclic) bond motifs is 1. The summed E-state index contributed by atoms with van der Waals surface area (Å²) in [4.78, 5) is 28.2. The minimum atomic E-state index is -4.62. The van der Waals surface area contributed by atoms with Crippen molar-refractivity contribution in [3.8, 4) is 0 Å². The number of rotatable bonds is 3. The molecule has 1 unspecified atom stereocenters. The van der Waals surface area contributed by atoms with Crippen LogP contribution in [0.15, 0.2) is 54.6 Å². The smallest absolute Gasteiger partial charge is 0.417 e. The molecule has 5 nitrogen and oxygen atoms in total. The topological polar surface area (TPSA) is 49.9 Å². The van der Waals surface area contributed by atoms with Gasteiger partial charge in [0.25, 0.3) is 5.91 Å². The lowest BCUT2D eigenvalue weighted by Crippen LogP contribution is -2.63. The van der Waals surface area contributed by atoms with Crippen LogP contribution in [-0.2, 0) is 17.3 Å². The number of alkyl halides is 3. The number of carbonyl (C=O) groups excluding carboxylic acids is 2. The molecule has 2 saturated heterocycles. The number of amides is 2. The van der Waals surface area contributed by atoms with E-state index in [4.69, 9.17) is 4.74 Å². The monoisotopic (exact) mass is 404 g/mol. The third kappa shape index (κ3) is 3.54. The van der Waals surface area contributed by atoms with Crippen LogP contribution >= 0.6 is 0 Å². The first-order valence-corrected chi connectivity index (χ1v) is 9.24. The molecule has 152 valence electrons. The van der Waals surface area contributed by atoms with E-state index in [9.17, 15) is 22.8 Å². The molecule has 2 amide bonds. The summed E-state index contributed by atoms with van der Waals surface area (Å²) >= 11 is 0. The number of hydrogen-bond donors (Lipinski definition) is 0. The average Bonchev–Trinajstić information content (AvgIpc) is 3.03. The standard InChI is InChI=1S/C21H19F3N2O3/c22-21(23,24)17-9-5-4-8-16(17)18(27)25-10-11-26-19(28)29-14-20(26,13-25)12-15-6-2-1-3-7-15/h1-9H,10-14H2. The fourth-order valence-electron chi connectivity index (χ4n) is 4.10. The highest BCUT2D eigenvalue weighted by atomic mass is 19.4. The molecular weight excluding hydrogens is 385 g/mol. The first kappa shape index (κ1) is 19.3. The van der Waals surface area contributed by atoms with E-state index in [1.807, 2.05) is 30.3 Å². The molecule has 0 N–H and O–H groups in total. The van der Waals surface area contributed by atoms with Gasteiger partial charge in [-0.15, -0.1) is 0 Å². The number of cyclic esters (lactones) is 1. The van der Waals surface area contributed by atoms with Crippen molar-refractivity contribution in [1.29, 1.82) is 0 Å². The predicted octanol–water partition coefficient (Wildman–Crippen LogP) is 3.59. The molecule has 2 aromatic rings. The Labute approximate surface area is 165 Å². The average molecular weight is 404 g/mol. The summed E-state index contributed by atoms with van der Waals surface area (Å²) in [5.41, 5.74) is -1.17. The number of nitrogens with zero attached hydrogens (tertiary/aromatic N) is 2. The van der Waals surface area contributed by atoms with Gasteiger partial charge in [-0.3, -0.25) is 9.69 Å². The van der Waals surface area contributed by atoms with Crippen LogP contribution in [0.3, 0.4) is 0 Å². The fourth-order valence-corrected chi connectivity index (χ4v) is 4.10. The number of hydrogen-bond acceptors (Lipinski definition) is 3. The summed E-state index contributed by atoms with van der Waals surface area (Å²) in [6.45, 7) is 0.562. The number of piperazine rings is 1. The van der Waals surface area contributed by atoms with Gasteiger partial charge in [0.1, 0.15) is 12.1 Å². The molecule has 2 aliphatic rings. The van der Waals surface area contributed by atoms with Crippen molar-refractivity contribution < 1.29 is 27.5 Å². The number of halogens is 3. The number of ether oxygens (including phenoxy) is 1. The predicted molar refractivity (Wildman–Crippen MR) is 98.3 cm³/mol. The van der Waals surface area contributed by atoms with Crippen LogP contribution < -0.4 is 0 Å². The Morgan fingerprint density at radius 3 is 2.45 bits per heavy atom. The molecule has 0 saturated carbocycles. The molecule has 4 rings (SSSR count).